The lowest BCUT2D eigenvalue weighted by molar-refractivity contribution is 0.582. The van der Waals surface area contributed by atoms with E-state index in [-0.39, 0.29) is 0 Å². The molecule has 0 spiro atoms. The molecule has 0 saturated heterocycles. The van der Waals surface area contributed by atoms with Gasteiger partial charge in [-0.2, -0.15) is 0 Å². The van der Waals surface area contributed by atoms with Gasteiger partial charge in [-0.25, -0.2) is 0 Å². The van der Waals surface area contributed by atoms with Gasteiger partial charge in [0.1, 0.15) is 5.76 Å². The van der Waals surface area contributed by atoms with Gasteiger partial charge in [0.05, 0.1) is 6.26 Å². The average molecular weight is 201 g/mol. The fourth-order valence-corrected chi connectivity index (χ4v) is 1.55. The Morgan fingerprint density at radius 2 is 1.87 bits per heavy atom. The van der Waals surface area contributed by atoms with E-state index in [1.807, 2.05) is 19.2 Å². The van der Waals surface area contributed by atoms with E-state index in [1.165, 1.54) is 5.56 Å². The first-order valence-corrected chi connectivity index (χ1v) is 5.12. The van der Waals surface area contributed by atoms with Gasteiger partial charge in [0.25, 0.3) is 0 Å². The molecule has 0 bridgehead atoms. The molecule has 1 heterocycles. The maximum Gasteiger partial charge on any atom is 0.133 e. The third kappa shape index (κ3) is 2.10. The Morgan fingerprint density at radius 3 is 2.40 bits per heavy atom. The molecule has 0 amide bonds. The number of nitrogens with one attached hydrogen (secondary N) is 1. The van der Waals surface area contributed by atoms with Crippen LogP contribution >= 0.6 is 0 Å². The van der Waals surface area contributed by atoms with E-state index in [0.29, 0.717) is 6.04 Å². The van der Waals surface area contributed by atoms with Crippen molar-refractivity contribution in [2.45, 2.75) is 13.0 Å². The van der Waals surface area contributed by atoms with Gasteiger partial charge in [-0.1, -0.05) is 24.3 Å². The van der Waals surface area contributed by atoms with Gasteiger partial charge in [0, 0.05) is 11.6 Å². The molecule has 0 aliphatic rings. The van der Waals surface area contributed by atoms with Gasteiger partial charge in [-0.15, -0.1) is 0 Å². The van der Waals surface area contributed by atoms with Crippen LogP contribution in [0.3, 0.4) is 0 Å². The third-order valence-electron chi connectivity index (χ3n) is 2.65. The molecule has 2 nitrogen and oxygen atoms in total. The molecule has 78 valence electrons. The predicted molar refractivity (Wildman–Crippen MR) is 61.6 cm³/mol. The van der Waals surface area contributed by atoms with Gasteiger partial charge < -0.3 is 9.73 Å². The molecule has 1 aromatic heterocycles. The molecule has 1 atom stereocenters. The van der Waals surface area contributed by atoms with E-state index in [2.05, 4.69) is 36.5 Å². The second-order valence-electron chi connectivity index (χ2n) is 3.61. The smallest absolute Gasteiger partial charge is 0.133 e. The van der Waals surface area contributed by atoms with Crippen LogP contribution in [0.4, 0.5) is 0 Å². The molecule has 1 unspecified atom stereocenters. The highest BCUT2D eigenvalue weighted by Crippen LogP contribution is 2.21. The zero-order valence-corrected chi connectivity index (χ0v) is 9.03. The van der Waals surface area contributed by atoms with Crippen molar-refractivity contribution in [3.63, 3.8) is 0 Å². The minimum Gasteiger partial charge on any atom is -0.464 e. The Kier molecular flexibility index (Phi) is 2.88. The first-order valence-electron chi connectivity index (χ1n) is 5.12. The van der Waals surface area contributed by atoms with Crippen molar-refractivity contribution in [2.24, 2.45) is 0 Å². The van der Waals surface area contributed by atoms with E-state index < -0.39 is 0 Å². The van der Waals surface area contributed by atoms with Crippen LogP contribution in [0.1, 0.15) is 18.5 Å². The molecule has 1 N–H and O–H groups in total. The topological polar surface area (TPSA) is 25.2 Å². The van der Waals surface area contributed by atoms with E-state index in [9.17, 15) is 0 Å². The maximum absolute atomic E-state index is 5.33. The van der Waals surface area contributed by atoms with E-state index in [1.54, 1.807) is 6.26 Å². The largest absolute Gasteiger partial charge is 0.464 e. The fraction of sp³-hybridized carbons (Fsp3) is 0.231. The summed E-state index contributed by atoms with van der Waals surface area (Å²) in [4.78, 5) is 0. The molecule has 2 heteroatoms. The summed E-state index contributed by atoms with van der Waals surface area (Å²) < 4.78 is 5.33. The summed E-state index contributed by atoms with van der Waals surface area (Å²) >= 11 is 0. The van der Waals surface area contributed by atoms with Gasteiger partial charge in [0.2, 0.25) is 0 Å². The highest BCUT2D eigenvalue weighted by molar-refractivity contribution is 5.57. The van der Waals surface area contributed by atoms with Crippen molar-refractivity contribution in [1.29, 1.82) is 0 Å². The standard InChI is InChI=1S/C13H15NO/c1-10(14-2)11-5-7-12(8-6-11)13-4-3-9-15-13/h3-10,14H,1-2H3. The number of benzene rings is 1. The molecular weight excluding hydrogens is 186 g/mol. The van der Waals surface area contributed by atoms with Crippen LogP contribution in [0, 0.1) is 0 Å². The van der Waals surface area contributed by atoms with Crippen molar-refractivity contribution in [3.05, 3.63) is 48.2 Å². The Balaban J connectivity index is 2.25. The zero-order valence-electron chi connectivity index (χ0n) is 9.03. The van der Waals surface area contributed by atoms with Crippen molar-refractivity contribution in [2.75, 3.05) is 7.05 Å². The second-order valence-corrected chi connectivity index (χ2v) is 3.61. The molecule has 1 aromatic carbocycles. The summed E-state index contributed by atoms with van der Waals surface area (Å²) in [5.41, 5.74) is 2.40. The van der Waals surface area contributed by atoms with E-state index in [4.69, 9.17) is 4.42 Å². The summed E-state index contributed by atoms with van der Waals surface area (Å²) in [5, 5.41) is 3.21. The third-order valence-corrected chi connectivity index (χ3v) is 2.65. The van der Waals surface area contributed by atoms with Crippen LogP contribution in [0.25, 0.3) is 11.3 Å². The second kappa shape index (κ2) is 4.32. The molecule has 0 aliphatic carbocycles. The molecule has 15 heavy (non-hydrogen) atoms. The predicted octanol–water partition coefficient (Wildman–Crippen LogP) is 3.23. The summed E-state index contributed by atoms with van der Waals surface area (Å²) in [7, 11) is 1.96. The van der Waals surface area contributed by atoms with Crippen molar-refractivity contribution in [3.8, 4) is 11.3 Å². The Morgan fingerprint density at radius 1 is 1.13 bits per heavy atom. The van der Waals surface area contributed by atoms with Crippen LogP contribution in [0.15, 0.2) is 47.1 Å². The van der Waals surface area contributed by atoms with Gasteiger partial charge in [0.15, 0.2) is 0 Å². The van der Waals surface area contributed by atoms with Crippen molar-refractivity contribution in [1.82, 2.24) is 5.32 Å². The molecule has 0 saturated carbocycles. The summed E-state index contributed by atoms with van der Waals surface area (Å²) in [6, 6.07) is 12.7. The van der Waals surface area contributed by atoms with Crippen LogP contribution in [-0.2, 0) is 0 Å². The molecular formula is C13H15NO. The van der Waals surface area contributed by atoms with Crippen LogP contribution in [-0.4, -0.2) is 7.05 Å². The number of hydrogen-bond donors (Lipinski definition) is 1. The van der Waals surface area contributed by atoms with Crippen LogP contribution in [0.2, 0.25) is 0 Å². The fourth-order valence-electron chi connectivity index (χ4n) is 1.55. The van der Waals surface area contributed by atoms with E-state index in [0.717, 1.165) is 11.3 Å². The summed E-state index contributed by atoms with van der Waals surface area (Å²) in [5.74, 6) is 0.915. The minimum absolute atomic E-state index is 0.385. The summed E-state index contributed by atoms with van der Waals surface area (Å²) in [6.07, 6.45) is 1.69. The highest BCUT2D eigenvalue weighted by atomic mass is 16.3. The first kappa shape index (κ1) is 9.99. The average Bonchev–Trinajstić information content (AvgIpc) is 2.82. The van der Waals surface area contributed by atoms with Gasteiger partial charge in [-0.3, -0.25) is 0 Å². The molecule has 2 aromatic rings. The zero-order chi connectivity index (χ0) is 10.7. The number of rotatable bonds is 3. The minimum atomic E-state index is 0.385. The monoisotopic (exact) mass is 201 g/mol. The Bertz CT molecular complexity index is 403. The molecule has 0 radical (unpaired) electrons. The number of furan rings is 1. The quantitative estimate of drug-likeness (QED) is 0.824. The van der Waals surface area contributed by atoms with E-state index >= 15 is 0 Å². The highest BCUT2D eigenvalue weighted by Gasteiger charge is 2.03. The van der Waals surface area contributed by atoms with Gasteiger partial charge in [-0.05, 0) is 31.7 Å². The molecule has 0 fully saturated rings. The lowest BCUT2D eigenvalue weighted by Crippen LogP contribution is -2.11. The van der Waals surface area contributed by atoms with Gasteiger partial charge >= 0.3 is 0 Å². The molecule has 2 rings (SSSR count). The van der Waals surface area contributed by atoms with Crippen LogP contribution < -0.4 is 5.32 Å². The Hall–Kier alpha value is -1.54. The molecule has 0 aliphatic heterocycles. The first-order chi connectivity index (χ1) is 7.31. The Labute approximate surface area is 89.9 Å². The van der Waals surface area contributed by atoms with Crippen LogP contribution in [0.5, 0.6) is 0 Å². The summed E-state index contributed by atoms with van der Waals surface area (Å²) in [6.45, 7) is 2.14. The lowest BCUT2D eigenvalue weighted by atomic mass is 10.1. The van der Waals surface area contributed by atoms with Crippen molar-refractivity contribution < 1.29 is 4.42 Å². The number of hydrogen-bond acceptors (Lipinski definition) is 2. The van der Waals surface area contributed by atoms with Crippen molar-refractivity contribution >= 4 is 0 Å². The maximum atomic E-state index is 5.33. The normalized spacial score (nSPS) is 12.7. The SMILES string of the molecule is CNC(C)c1ccc(-c2ccco2)cc1. The lowest BCUT2D eigenvalue weighted by Gasteiger charge is -2.10.